The van der Waals surface area contributed by atoms with E-state index in [0.29, 0.717) is 11.6 Å². The highest BCUT2D eigenvalue weighted by Crippen LogP contribution is 2.22. The summed E-state index contributed by atoms with van der Waals surface area (Å²) in [6, 6.07) is 10.2. The maximum atomic E-state index is 12.8. The molecule has 158 valence electrons. The third-order valence-electron chi connectivity index (χ3n) is 5.09. The first-order chi connectivity index (χ1) is 14.1. The van der Waals surface area contributed by atoms with Crippen molar-refractivity contribution in [2.24, 2.45) is 12.8 Å². The zero-order valence-electron chi connectivity index (χ0n) is 17.0. The predicted molar refractivity (Wildman–Crippen MR) is 114 cm³/mol. The van der Waals surface area contributed by atoms with E-state index in [1.54, 1.807) is 0 Å². The van der Waals surface area contributed by atoms with Gasteiger partial charge in [-0.1, -0.05) is 26.0 Å². The molecule has 0 spiro atoms. The maximum Gasteiger partial charge on any atom is 0.269 e. The minimum Gasteiger partial charge on any atom is -0.364 e. The number of aryl methyl sites for hydroxylation is 1. The molecule has 0 aliphatic heterocycles. The van der Waals surface area contributed by atoms with Crippen molar-refractivity contribution in [3.05, 3.63) is 71.8 Å². The quantitative estimate of drug-likeness (QED) is 0.602. The normalized spacial score (nSPS) is 12.5. The smallest absolute Gasteiger partial charge is 0.269 e. The second kappa shape index (κ2) is 8.19. The molecule has 3 aromatic rings. The number of amides is 2. The highest BCUT2D eigenvalue weighted by atomic mass is 32.2. The summed E-state index contributed by atoms with van der Waals surface area (Å²) in [5.74, 6) is -0.723. The lowest BCUT2D eigenvalue weighted by molar-refractivity contribution is 0.0990. The van der Waals surface area contributed by atoms with E-state index >= 15 is 0 Å². The summed E-state index contributed by atoms with van der Waals surface area (Å²) in [5, 5.41) is 2.76. The molecule has 3 N–H and O–H groups in total. The molecule has 8 nitrogen and oxygen atoms in total. The van der Waals surface area contributed by atoms with Crippen LogP contribution in [0.5, 0.6) is 0 Å². The summed E-state index contributed by atoms with van der Waals surface area (Å²) in [7, 11) is -2.44. The molecule has 0 fully saturated rings. The van der Waals surface area contributed by atoms with E-state index in [1.165, 1.54) is 47.9 Å². The van der Waals surface area contributed by atoms with E-state index in [4.69, 9.17) is 5.73 Å². The summed E-state index contributed by atoms with van der Waals surface area (Å²) in [6.45, 7) is 4.25. The molecule has 1 atom stereocenters. The van der Waals surface area contributed by atoms with Crippen molar-refractivity contribution in [3.63, 3.8) is 0 Å². The lowest BCUT2D eigenvalue weighted by atomic mass is 9.99. The molecule has 3 rings (SSSR count). The van der Waals surface area contributed by atoms with Gasteiger partial charge in [0.25, 0.3) is 21.8 Å². The number of nitrogens with two attached hydrogens (primary N) is 1. The number of nitrogens with one attached hydrogen (secondary N) is 1. The van der Waals surface area contributed by atoms with E-state index in [1.807, 2.05) is 24.3 Å². The molecule has 30 heavy (non-hydrogen) atoms. The number of rotatable bonds is 7. The maximum absolute atomic E-state index is 12.8. The van der Waals surface area contributed by atoms with E-state index in [0.717, 1.165) is 10.4 Å². The molecule has 1 unspecified atom stereocenters. The van der Waals surface area contributed by atoms with Gasteiger partial charge in [0.15, 0.2) is 0 Å². The van der Waals surface area contributed by atoms with Gasteiger partial charge in [-0.25, -0.2) is 12.4 Å². The SMILES string of the molecule is CCC(C)c1ccc(NC(=O)c2ccn(S(=O)(=O)c3cc(C(N)=O)n(C)c3)c2)cc1. The van der Waals surface area contributed by atoms with Crippen LogP contribution in [0.25, 0.3) is 0 Å². The Balaban J connectivity index is 1.79. The molecular formula is C21H24N4O4S. The fourth-order valence-corrected chi connectivity index (χ4v) is 4.31. The van der Waals surface area contributed by atoms with Gasteiger partial charge in [-0.2, -0.15) is 0 Å². The second-order valence-corrected chi connectivity index (χ2v) is 9.00. The van der Waals surface area contributed by atoms with Crippen LogP contribution < -0.4 is 11.1 Å². The van der Waals surface area contributed by atoms with E-state index in [-0.39, 0.29) is 16.2 Å². The first-order valence-electron chi connectivity index (χ1n) is 9.44. The number of anilines is 1. The van der Waals surface area contributed by atoms with E-state index < -0.39 is 21.8 Å². The van der Waals surface area contributed by atoms with Crippen LogP contribution >= 0.6 is 0 Å². The number of primary amides is 1. The lowest BCUT2D eigenvalue weighted by Crippen LogP contribution is -2.14. The van der Waals surface area contributed by atoms with Crippen molar-refractivity contribution in [2.45, 2.75) is 31.1 Å². The van der Waals surface area contributed by atoms with Gasteiger partial charge in [-0.3, -0.25) is 9.59 Å². The Morgan fingerprint density at radius 1 is 1.13 bits per heavy atom. The van der Waals surface area contributed by atoms with Gasteiger partial charge in [0.1, 0.15) is 10.6 Å². The molecule has 0 saturated heterocycles. The van der Waals surface area contributed by atoms with Gasteiger partial charge in [0.2, 0.25) is 0 Å². The third-order valence-corrected chi connectivity index (χ3v) is 6.69. The minimum absolute atomic E-state index is 0.0690. The van der Waals surface area contributed by atoms with Gasteiger partial charge in [0.05, 0.1) is 5.56 Å². The van der Waals surface area contributed by atoms with Crippen LogP contribution in [0, 0.1) is 0 Å². The fourth-order valence-electron chi connectivity index (χ4n) is 3.04. The zero-order chi connectivity index (χ0) is 22.1. The number of nitrogens with zero attached hydrogens (tertiary/aromatic N) is 2. The number of aromatic nitrogens is 2. The van der Waals surface area contributed by atoms with Crippen molar-refractivity contribution >= 4 is 27.5 Å². The van der Waals surface area contributed by atoms with Gasteiger partial charge in [-0.05, 0) is 42.2 Å². The largest absolute Gasteiger partial charge is 0.364 e. The van der Waals surface area contributed by atoms with Crippen molar-refractivity contribution in [1.29, 1.82) is 0 Å². The van der Waals surface area contributed by atoms with Crippen LogP contribution in [0.1, 0.15) is 52.6 Å². The fraction of sp³-hybridized carbons (Fsp3) is 0.238. The van der Waals surface area contributed by atoms with Gasteiger partial charge < -0.3 is 15.6 Å². The molecule has 0 bridgehead atoms. The van der Waals surface area contributed by atoms with Crippen LogP contribution in [-0.4, -0.2) is 28.8 Å². The first-order valence-corrected chi connectivity index (χ1v) is 10.9. The highest BCUT2D eigenvalue weighted by Gasteiger charge is 2.22. The van der Waals surface area contributed by atoms with Crippen molar-refractivity contribution in [1.82, 2.24) is 8.54 Å². The topological polar surface area (TPSA) is 116 Å². The molecule has 1 aromatic carbocycles. The van der Waals surface area contributed by atoms with Crippen molar-refractivity contribution in [2.75, 3.05) is 5.32 Å². The molecule has 0 aliphatic rings. The van der Waals surface area contributed by atoms with Gasteiger partial charge in [0, 0.05) is 31.3 Å². The molecular weight excluding hydrogens is 404 g/mol. The average molecular weight is 429 g/mol. The first kappa shape index (κ1) is 21.4. The standard InChI is InChI=1S/C21H24N4O4S/c1-4-14(2)15-5-7-17(8-6-15)23-21(27)16-9-10-25(12-16)30(28,29)18-11-19(20(22)26)24(3)13-18/h5-14H,4H2,1-3H3,(H2,22,26)(H,23,27). The lowest BCUT2D eigenvalue weighted by Gasteiger charge is -2.10. The second-order valence-electron chi connectivity index (χ2n) is 7.16. The molecule has 2 amide bonds. The molecule has 2 heterocycles. The Morgan fingerprint density at radius 3 is 2.37 bits per heavy atom. The Bertz CT molecular complexity index is 1190. The predicted octanol–water partition coefficient (Wildman–Crippen LogP) is 2.93. The average Bonchev–Trinajstić information content (AvgIpc) is 3.36. The summed E-state index contributed by atoms with van der Waals surface area (Å²) in [4.78, 5) is 23.8. The summed E-state index contributed by atoms with van der Waals surface area (Å²) in [5.41, 5.74) is 7.31. The van der Waals surface area contributed by atoms with E-state index in [9.17, 15) is 18.0 Å². The Hall–Kier alpha value is -3.33. The third kappa shape index (κ3) is 4.16. The van der Waals surface area contributed by atoms with E-state index in [2.05, 4.69) is 19.2 Å². The zero-order valence-corrected chi connectivity index (χ0v) is 17.8. The number of hydrogen-bond acceptors (Lipinski definition) is 4. The molecule has 2 aromatic heterocycles. The van der Waals surface area contributed by atoms with Crippen LogP contribution in [0.3, 0.4) is 0 Å². The number of carbonyl (C=O) groups is 2. The molecule has 0 saturated carbocycles. The van der Waals surface area contributed by atoms with Gasteiger partial charge >= 0.3 is 0 Å². The summed E-state index contributed by atoms with van der Waals surface area (Å²) < 4.78 is 27.9. The minimum atomic E-state index is -3.97. The van der Waals surface area contributed by atoms with Crippen LogP contribution in [0.15, 0.2) is 59.9 Å². The van der Waals surface area contributed by atoms with Crippen molar-refractivity contribution < 1.29 is 18.0 Å². The molecule has 0 radical (unpaired) electrons. The number of carbonyl (C=O) groups excluding carboxylic acids is 2. The Kier molecular flexibility index (Phi) is 5.84. The molecule has 0 aliphatic carbocycles. The van der Waals surface area contributed by atoms with Crippen LogP contribution in [0.2, 0.25) is 0 Å². The Labute approximate surface area is 175 Å². The molecule has 9 heteroatoms. The monoisotopic (exact) mass is 428 g/mol. The van der Waals surface area contributed by atoms with Crippen LogP contribution in [-0.2, 0) is 17.1 Å². The Morgan fingerprint density at radius 2 is 1.80 bits per heavy atom. The van der Waals surface area contributed by atoms with Crippen molar-refractivity contribution in [3.8, 4) is 0 Å². The van der Waals surface area contributed by atoms with Gasteiger partial charge in [-0.15, -0.1) is 0 Å². The highest BCUT2D eigenvalue weighted by molar-refractivity contribution is 7.90. The number of benzene rings is 1. The summed E-state index contributed by atoms with van der Waals surface area (Å²) >= 11 is 0. The number of hydrogen-bond donors (Lipinski definition) is 2. The van der Waals surface area contributed by atoms with Crippen LogP contribution in [0.4, 0.5) is 5.69 Å². The summed E-state index contributed by atoms with van der Waals surface area (Å²) in [6.07, 6.45) is 4.84.